The standard InChI is InChI=1S/C21H19FIN3O2/c1-28-20-5-4-15(10-19(20)23)18-13-24-8-6-17(18)21(27)26-7-2-3-14-9-16(22)12-25-11-14/h4-6,8-13H,2-3,7H2,1H3,(H,26,27). The van der Waals surface area contributed by atoms with Gasteiger partial charge in [0.25, 0.3) is 5.91 Å². The normalized spacial score (nSPS) is 10.5. The molecule has 0 aliphatic rings. The van der Waals surface area contributed by atoms with Gasteiger partial charge < -0.3 is 10.1 Å². The van der Waals surface area contributed by atoms with E-state index < -0.39 is 0 Å². The van der Waals surface area contributed by atoms with E-state index in [1.165, 1.54) is 12.3 Å². The predicted molar refractivity (Wildman–Crippen MR) is 114 cm³/mol. The summed E-state index contributed by atoms with van der Waals surface area (Å²) < 4.78 is 19.4. The highest BCUT2D eigenvalue weighted by Crippen LogP contribution is 2.29. The summed E-state index contributed by atoms with van der Waals surface area (Å²) in [4.78, 5) is 20.7. The van der Waals surface area contributed by atoms with Gasteiger partial charge in [-0.05, 0) is 70.8 Å². The van der Waals surface area contributed by atoms with Crippen LogP contribution in [-0.2, 0) is 6.42 Å². The van der Waals surface area contributed by atoms with Crippen LogP contribution >= 0.6 is 22.6 Å². The Morgan fingerprint density at radius 1 is 1.18 bits per heavy atom. The Labute approximate surface area is 176 Å². The molecule has 1 aromatic carbocycles. The highest BCUT2D eigenvalue weighted by molar-refractivity contribution is 14.1. The summed E-state index contributed by atoms with van der Waals surface area (Å²) in [5.74, 6) is 0.267. The van der Waals surface area contributed by atoms with E-state index >= 15 is 0 Å². The van der Waals surface area contributed by atoms with E-state index in [9.17, 15) is 9.18 Å². The second-order valence-electron chi connectivity index (χ2n) is 6.14. The van der Waals surface area contributed by atoms with Gasteiger partial charge in [0, 0.05) is 30.7 Å². The molecule has 1 amide bonds. The number of halogens is 2. The van der Waals surface area contributed by atoms with Gasteiger partial charge in [0.15, 0.2) is 0 Å². The Hall–Kier alpha value is -2.55. The molecule has 0 bridgehead atoms. The first-order chi connectivity index (χ1) is 13.6. The molecule has 0 unspecified atom stereocenters. The van der Waals surface area contributed by atoms with Crippen LogP contribution in [0.4, 0.5) is 4.39 Å². The fourth-order valence-corrected chi connectivity index (χ4v) is 3.57. The molecule has 0 fully saturated rings. The molecule has 144 valence electrons. The maximum atomic E-state index is 13.2. The molecular weight excluding hydrogens is 472 g/mol. The monoisotopic (exact) mass is 491 g/mol. The second kappa shape index (κ2) is 9.59. The van der Waals surface area contributed by atoms with Gasteiger partial charge in [-0.3, -0.25) is 14.8 Å². The molecule has 2 aromatic heterocycles. The molecule has 2 heterocycles. The van der Waals surface area contributed by atoms with Crippen LogP contribution in [-0.4, -0.2) is 29.5 Å². The lowest BCUT2D eigenvalue weighted by Crippen LogP contribution is -2.25. The SMILES string of the molecule is COc1ccc(-c2cnccc2C(=O)NCCCc2cncc(F)c2)cc1I. The van der Waals surface area contributed by atoms with E-state index in [0.29, 0.717) is 24.9 Å². The van der Waals surface area contributed by atoms with Gasteiger partial charge in [0.1, 0.15) is 11.6 Å². The Bertz CT molecular complexity index is 981. The number of benzene rings is 1. The van der Waals surface area contributed by atoms with E-state index in [1.54, 1.807) is 31.8 Å². The third-order valence-corrected chi connectivity index (χ3v) is 5.06. The molecule has 0 radical (unpaired) electrons. The number of nitrogens with one attached hydrogen (secondary N) is 1. The van der Waals surface area contributed by atoms with Crippen molar-refractivity contribution in [2.45, 2.75) is 12.8 Å². The molecule has 0 saturated carbocycles. The number of nitrogens with zero attached hydrogens (tertiary/aromatic N) is 2. The van der Waals surface area contributed by atoms with Crippen LogP contribution in [0.2, 0.25) is 0 Å². The molecule has 28 heavy (non-hydrogen) atoms. The minimum atomic E-state index is -0.350. The van der Waals surface area contributed by atoms with E-state index in [0.717, 1.165) is 26.0 Å². The highest BCUT2D eigenvalue weighted by Gasteiger charge is 2.14. The van der Waals surface area contributed by atoms with Crippen molar-refractivity contribution in [3.8, 4) is 16.9 Å². The molecule has 0 atom stereocenters. The lowest BCUT2D eigenvalue weighted by Gasteiger charge is -2.11. The molecular formula is C21H19FIN3O2. The van der Waals surface area contributed by atoms with Gasteiger partial charge in [0.2, 0.25) is 0 Å². The lowest BCUT2D eigenvalue weighted by molar-refractivity contribution is 0.0953. The Morgan fingerprint density at radius 3 is 2.79 bits per heavy atom. The lowest BCUT2D eigenvalue weighted by atomic mass is 10.0. The molecule has 1 N–H and O–H groups in total. The predicted octanol–water partition coefficient (Wildman–Crippen LogP) is 4.26. The van der Waals surface area contributed by atoms with Crippen molar-refractivity contribution in [1.29, 1.82) is 0 Å². The van der Waals surface area contributed by atoms with Crippen molar-refractivity contribution in [2.75, 3.05) is 13.7 Å². The van der Waals surface area contributed by atoms with Gasteiger partial charge in [-0.2, -0.15) is 0 Å². The smallest absolute Gasteiger partial charge is 0.252 e. The third kappa shape index (κ3) is 5.03. The van der Waals surface area contributed by atoms with Crippen LogP contribution in [0.25, 0.3) is 11.1 Å². The van der Waals surface area contributed by atoms with Gasteiger partial charge in [-0.15, -0.1) is 0 Å². The molecule has 0 aliphatic carbocycles. The average Bonchev–Trinajstić information content (AvgIpc) is 2.71. The van der Waals surface area contributed by atoms with Crippen LogP contribution < -0.4 is 10.1 Å². The summed E-state index contributed by atoms with van der Waals surface area (Å²) in [6.07, 6.45) is 7.44. The van der Waals surface area contributed by atoms with E-state index in [4.69, 9.17) is 4.74 Å². The number of carbonyl (C=O) groups is 1. The number of aryl methyl sites for hydroxylation is 1. The van der Waals surface area contributed by atoms with Crippen molar-refractivity contribution in [1.82, 2.24) is 15.3 Å². The average molecular weight is 491 g/mol. The number of amides is 1. The van der Waals surface area contributed by atoms with Crippen LogP contribution in [0.5, 0.6) is 5.75 Å². The van der Waals surface area contributed by atoms with Crippen molar-refractivity contribution in [3.63, 3.8) is 0 Å². The zero-order chi connectivity index (χ0) is 19.9. The number of carbonyl (C=O) groups excluding carboxylic acids is 1. The van der Waals surface area contributed by atoms with Crippen molar-refractivity contribution < 1.29 is 13.9 Å². The number of aromatic nitrogens is 2. The summed E-state index contributed by atoms with van der Waals surface area (Å²) in [6.45, 7) is 0.483. The fourth-order valence-electron chi connectivity index (χ4n) is 2.84. The number of methoxy groups -OCH3 is 1. The van der Waals surface area contributed by atoms with Crippen LogP contribution in [0.3, 0.4) is 0 Å². The highest BCUT2D eigenvalue weighted by atomic mass is 127. The summed E-state index contributed by atoms with van der Waals surface area (Å²) >= 11 is 2.20. The quantitative estimate of drug-likeness (QED) is 0.397. The summed E-state index contributed by atoms with van der Waals surface area (Å²) in [7, 11) is 1.63. The first-order valence-electron chi connectivity index (χ1n) is 8.74. The molecule has 0 spiro atoms. The first kappa shape index (κ1) is 20.2. The topological polar surface area (TPSA) is 64.1 Å². The number of hydrogen-bond acceptors (Lipinski definition) is 4. The van der Waals surface area contributed by atoms with Crippen molar-refractivity contribution >= 4 is 28.5 Å². The number of ether oxygens (including phenoxy) is 1. The molecule has 3 aromatic rings. The molecule has 0 aliphatic heterocycles. The van der Waals surface area contributed by atoms with Crippen LogP contribution in [0.15, 0.2) is 55.1 Å². The number of pyridine rings is 2. The Balaban J connectivity index is 1.66. The molecule has 7 heteroatoms. The minimum absolute atomic E-state index is 0.166. The van der Waals surface area contributed by atoms with E-state index in [1.807, 2.05) is 18.2 Å². The zero-order valence-corrected chi connectivity index (χ0v) is 17.4. The number of hydrogen-bond donors (Lipinski definition) is 1. The maximum Gasteiger partial charge on any atom is 0.252 e. The van der Waals surface area contributed by atoms with Gasteiger partial charge in [-0.1, -0.05) is 6.07 Å². The molecule has 3 rings (SSSR count). The van der Waals surface area contributed by atoms with Gasteiger partial charge >= 0.3 is 0 Å². The Morgan fingerprint density at radius 2 is 2.04 bits per heavy atom. The number of rotatable bonds is 7. The first-order valence-corrected chi connectivity index (χ1v) is 9.82. The van der Waals surface area contributed by atoms with Crippen LogP contribution in [0, 0.1) is 9.39 Å². The summed E-state index contributed by atoms with van der Waals surface area (Å²) in [6, 6.07) is 8.91. The Kier molecular flexibility index (Phi) is 6.91. The van der Waals surface area contributed by atoms with E-state index in [-0.39, 0.29) is 11.7 Å². The largest absolute Gasteiger partial charge is 0.496 e. The zero-order valence-electron chi connectivity index (χ0n) is 15.3. The van der Waals surface area contributed by atoms with Crippen molar-refractivity contribution in [3.05, 3.63) is 75.6 Å². The second-order valence-corrected chi connectivity index (χ2v) is 7.30. The van der Waals surface area contributed by atoms with Crippen molar-refractivity contribution in [2.24, 2.45) is 0 Å². The van der Waals surface area contributed by atoms with E-state index in [2.05, 4.69) is 37.9 Å². The summed E-state index contributed by atoms with van der Waals surface area (Å²) in [5.41, 5.74) is 3.03. The maximum absolute atomic E-state index is 13.2. The summed E-state index contributed by atoms with van der Waals surface area (Å²) in [5, 5.41) is 2.92. The molecule has 5 nitrogen and oxygen atoms in total. The molecule has 0 saturated heterocycles. The third-order valence-electron chi connectivity index (χ3n) is 4.22. The van der Waals surface area contributed by atoms with Crippen LogP contribution in [0.1, 0.15) is 22.3 Å². The minimum Gasteiger partial charge on any atom is -0.496 e. The fraction of sp³-hybridized carbons (Fsp3) is 0.190. The van der Waals surface area contributed by atoms with Gasteiger partial charge in [-0.25, -0.2) is 4.39 Å². The van der Waals surface area contributed by atoms with Gasteiger partial charge in [0.05, 0.1) is 22.4 Å².